The van der Waals surface area contributed by atoms with E-state index in [4.69, 9.17) is 0 Å². The summed E-state index contributed by atoms with van der Waals surface area (Å²) in [6.07, 6.45) is 0.677. The van der Waals surface area contributed by atoms with E-state index >= 15 is 0 Å². The zero-order valence-corrected chi connectivity index (χ0v) is 11.3. The number of aromatic nitrogens is 2. The van der Waals surface area contributed by atoms with E-state index < -0.39 is 17.5 Å². The van der Waals surface area contributed by atoms with Crippen LogP contribution in [0.4, 0.5) is 14.5 Å². The fraction of sp³-hybridized carbons (Fsp3) is 0.214. The average Bonchev–Trinajstić information content (AvgIpc) is 2.45. The van der Waals surface area contributed by atoms with Crippen molar-refractivity contribution in [3.05, 3.63) is 58.0 Å². The fourth-order valence-electron chi connectivity index (χ4n) is 1.72. The van der Waals surface area contributed by atoms with Crippen LogP contribution in [-0.4, -0.2) is 15.7 Å². The molecular weight excluding hydrogens is 280 g/mol. The molecule has 0 aliphatic carbocycles. The zero-order chi connectivity index (χ0) is 15.4. The highest BCUT2D eigenvalue weighted by Crippen LogP contribution is 2.15. The van der Waals surface area contributed by atoms with Crippen molar-refractivity contribution in [2.75, 3.05) is 5.32 Å². The lowest BCUT2D eigenvalue weighted by Crippen LogP contribution is -2.26. The second-order valence-corrected chi connectivity index (χ2v) is 4.36. The number of amides is 1. The molecule has 0 aliphatic heterocycles. The Morgan fingerprint density at radius 2 is 2.05 bits per heavy atom. The summed E-state index contributed by atoms with van der Waals surface area (Å²) >= 11 is 0. The Kier molecular flexibility index (Phi) is 4.42. The van der Waals surface area contributed by atoms with Crippen LogP contribution in [0.2, 0.25) is 0 Å². The van der Waals surface area contributed by atoms with Gasteiger partial charge in [-0.1, -0.05) is 6.92 Å². The van der Waals surface area contributed by atoms with E-state index in [1.165, 1.54) is 12.1 Å². The minimum absolute atomic E-state index is 0.0493. The fourth-order valence-corrected chi connectivity index (χ4v) is 1.72. The summed E-state index contributed by atoms with van der Waals surface area (Å²) in [6.45, 7) is 2.23. The topological polar surface area (TPSA) is 64.0 Å². The smallest absolute Gasteiger partial charge is 0.276 e. The number of nitrogens with one attached hydrogen (secondary N) is 1. The highest BCUT2D eigenvalue weighted by molar-refractivity contribution is 6.02. The number of halogens is 2. The highest BCUT2D eigenvalue weighted by Gasteiger charge is 2.12. The number of benzene rings is 1. The molecule has 2 rings (SSSR count). The molecule has 0 saturated carbocycles. The maximum Gasteiger partial charge on any atom is 0.276 e. The molecule has 0 aliphatic rings. The van der Waals surface area contributed by atoms with Gasteiger partial charge in [-0.15, -0.1) is 0 Å². The maximum atomic E-state index is 13.5. The van der Waals surface area contributed by atoms with Crippen molar-refractivity contribution in [3.63, 3.8) is 0 Å². The predicted molar refractivity (Wildman–Crippen MR) is 73.1 cm³/mol. The van der Waals surface area contributed by atoms with Crippen molar-refractivity contribution in [2.45, 2.75) is 19.9 Å². The van der Waals surface area contributed by atoms with Crippen LogP contribution >= 0.6 is 0 Å². The first-order valence-electron chi connectivity index (χ1n) is 6.36. The quantitative estimate of drug-likeness (QED) is 0.939. The van der Waals surface area contributed by atoms with E-state index in [0.717, 1.165) is 22.9 Å². The standard InChI is InChI=1S/C14H13F2N3O2/c1-2-7-19-13(20)6-5-11(18-19)14(21)17-12-8-9(15)3-4-10(12)16/h3-6,8H,2,7H2,1H3,(H,17,21). The van der Waals surface area contributed by atoms with Gasteiger partial charge in [-0.2, -0.15) is 5.10 Å². The summed E-state index contributed by atoms with van der Waals surface area (Å²) < 4.78 is 27.6. The van der Waals surface area contributed by atoms with E-state index in [9.17, 15) is 18.4 Å². The van der Waals surface area contributed by atoms with Crippen LogP contribution in [0.15, 0.2) is 35.1 Å². The molecule has 0 spiro atoms. The molecule has 1 heterocycles. The van der Waals surface area contributed by atoms with Crippen molar-refractivity contribution in [1.29, 1.82) is 0 Å². The Balaban J connectivity index is 2.26. The summed E-state index contributed by atoms with van der Waals surface area (Å²) in [7, 11) is 0. The number of anilines is 1. The first kappa shape index (κ1) is 14.8. The summed E-state index contributed by atoms with van der Waals surface area (Å²) in [4.78, 5) is 23.5. The minimum atomic E-state index is -0.758. The SMILES string of the molecule is CCCn1nc(C(=O)Nc2cc(F)ccc2F)ccc1=O. The number of carbonyl (C=O) groups excluding carboxylic acids is 1. The van der Waals surface area contributed by atoms with E-state index in [2.05, 4.69) is 10.4 Å². The van der Waals surface area contributed by atoms with Crippen molar-refractivity contribution in [1.82, 2.24) is 9.78 Å². The Bertz CT molecular complexity index is 728. The van der Waals surface area contributed by atoms with Crippen molar-refractivity contribution in [2.24, 2.45) is 0 Å². The number of nitrogens with zero attached hydrogens (tertiary/aromatic N) is 2. The van der Waals surface area contributed by atoms with Gasteiger partial charge in [0.15, 0.2) is 0 Å². The van der Waals surface area contributed by atoms with Gasteiger partial charge in [0.2, 0.25) is 0 Å². The van der Waals surface area contributed by atoms with Gasteiger partial charge in [0.1, 0.15) is 17.3 Å². The molecule has 2 aromatic rings. The molecule has 110 valence electrons. The molecule has 1 N–H and O–H groups in total. The van der Waals surface area contributed by atoms with Gasteiger partial charge in [0, 0.05) is 18.7 Å². The first-order valence-corrected chi connectivity index (χ1v) is 6.36. The number of aryl methyl sites for hydroxylation is 1. The molecule has 0 saturated heterocycles. The minimum Gasteiger partial charge on any atom is -0.318 e. The molecule has 0 fully saturated rings. The van der Waals surface area contributed by atoms with Gasteiger partial charge < -0.3 is 5.32 Å². The number of hydrogen-bond acceptors (Lipinski definition) is 3. The summed E-state index contributed by atoms with van der Waals surface area (Å²) in [5.41, 5.74) is -0.660. The van der Waals surface area contributed by atoms with Crippen LogP contribution in [0, 0.1) is 11.6 Å². The first-order chi connectivity index (χ1) is 10.0. The molecule has 1 aromatic heterocycles. The molecule has 0 atom stereocenters. The highest BCUT2D eigenvalue weighted by atomic mass is 19.1. The van der Waals surface area contributed by atoms with Crippen LogP contribution in [0.25, 0.3) is 0 Å². The number of hydrogen-bond donors (Lipinski definition) is 1. The lowest BCUT2D eigenvalue weighted by Gasteiger charge is -2.08. The molecular formula is C14H13F2N3O2. The van der Waals surface area contributed by atoms with Crippen molar-refractivity contribution < 1.29 is 13.6 Å². The van der Waals surface area contributed by atoms with Gasteiger partial charge in [-0.25, -0.2) is 13.5 Å². The second-order valence-electron chi connectivity index (χ2n) is 4.36. The Morgan fingerprint density at radius 1 is 1.29 bits per heavy atom. The van der Waals surface area contributed by atoms with Crippen LogP contribution in [0.5, 0.6) is 0 Å². The third kappa shape index (κ3) is 3.50. The summed E-state index contributed by atoms with van der Waals surface area (Å²) in [6, 6.07) is 5.18. The predicted octanol–water partition coefficient (Wildman–Crippen LogP) is 2.18. The number of rotatable bonds is 4. The summed E-state index contributed by atoms with van der Waals surface area (Å²) in [5, 5.41) is 6.11. The monoisotopic (exact) mass is 293 g/mol. The van der Waals surface area contributed by atoms with E-state index in [1.54, 1.807) is 0 Å². The van der Waals surface area contributed by atoms with Crippen molar-refractivity contribution in [3.8, 4) is 0 Å². The molecule has 0 unspecified atom stereocenters. The third-order valence-electron chi connectivity index (χ3n) is 2.71. The Labute approximate surface area is 119 Å². The van der Waals surface area contributed by atoms with Gasteiger partial charge in [-0.05, 0) is 24.6 Å². The molecule has 0 radical (unpaired) electrons. The maximum absolute atomic E-state index is 13.5. The lowest BCUT2D eigenvalue weighted by atomic mass is 10.2. The van der Waals surface area contributed by atoms with Gasteiger partial charge in [0.05, 0.1) is 5.69 Å². The van der Waals surface area contributed by atoms with Gasteiger partial charge >= 0.3 is 0 Å². The summed E-state index contributed by atoms with van der Waals surface area (Å²) in [5.74, 6) is -2.15. The van der Waals surface area contributed by atoms with Gasteiger partial charge in [-0.3, -0.25) is 9.59 Å². The Morgan fingerprint density at radius 3 is 2.76 bits per heavy atom. The lowest BCUT2D eigenvalue weighted by molar-refractivity contribution is 0.101. The molecule has 21 heavy (non-hydrogen) atoms. The van der Waals surface area contributed by atoms with E-state index in [1.807, 2.05) is 6.92 Å². The Hall–Kier alpha value is -2.57. The van der Waals surface area contributed by atoms with E-state index in [0.29, 0.717) is 13.0 Å². The molecule has 0 bridgehead atoms. The normalized spacial score (nSPS) is 10.4. The van der Waals surface area contributed by atoms with Crippen LogP contribution in [-0.2, 0) is 6.54 Å². The number of carbonyl (C=O) groups is 1. The van der Waals surface area contributed by atoms with Crippen molar-refractivity contribution >= 4 is 11.6 Å². The molecule has 7 heteroatoms. The van der Waals surface area contributed by atoms with E-state index in [-0.39, 0.29) is 16.9 Å². The molecule has 1 aromatic carbocycles. The average molecular weight is 293 g/mol. The zero-order valence-electron chi connectivity index (χ0n) is 11.3. The van der Waals surface area contributed by atoms with Crippen LogP contribution < -0.4 is 10.9 Å². The largest absolute Gasteiger partial charge is 0.318 e. The molecule has 1 amide bonds. The van der Waals surface area contributed by atoms with Crippen LogP contribution in [0.1, 0.15) is 23.8 Å². The third-order valence-corrected chi connectivity index (χ3v) is 2.71. The molecule has 5 nitrogen and oxygen atoms in total. The second kappa shape index (κ2) is 6.25. The van der Waals surface area contributed by atoms with Gasteiger partial charge in [0.25, 0.3) is 11.5 Å². The van der Waals surface area contributed by atoms with Crippen LogP contribution in [0.3, 0.4) is 0 Å².